The molecule has 3 fully saturated rings. The number of hydrogen-bond acceptors (Lipinski definition) is 5. The first-order chi connectivity index (χ1) is 11.6. The molecule has 1 aliphatic carbocycles. The molecule has 0 radical (unpaired) electrons. The van der Waals surface area contributed by atoms with Crippen molar-refractivity contribution in [2.75, 3.05) is 44.3 Å². The summed E-state index contributed by atoms with van der Waals surface area (Å²) in [5.74, 6) is -0.375. The number of piperazine rings is 1. The van der Waals surface area contributed by atoms with Crippen LogP contribution in [0.3, 0.4) is 0 Å². The van der Waals surface area contributed by atoms with Gasteiger partial charge in [0, 0.05) is 43.5 Å². The number of hydrogen-bond donors (Lipinski definition) is 1. The van der Waals surface area contributed by atoms with Crippen molar-refractivity contribution >= 4 is 17.6 Å². The van der Waals surface area contributed by atoms with E-state index in [4.69, 9.17) is 4.74 Å². The zero-order valence-electron chi connectivity index (χ0n) is 13.5. The molecule has 128 valence electrons. The maximum atomic E-state index is 12.3. The molecule has 1 N–H and O–H groups in total. The van der Waals surface area contributed by atoms with E-state index >= 15 is 0 Å². The van der Waals surface area contributed by atoms with Gasteiger partial charge in [0.05, 0.1) is 19.1 Å². The van der Waals surface area contributed by atoms with Gasteiger partial charge in [-0.2, -0.15) is 0 Å². The van der Waals surface area contributed by atoms with Crippen molar-refractivity contribution in [2.45, 2.75) is 18.8 Å². The number of carbonyl (C=O) groups excluding carboxylic acids is 1. The third kappa shape index (κ3) is 2.96. The number of carbonyl (C=O) groups is 2. The van der Waals surface area contributed by atoms with Crippen molar-refractivity contribution < 1.29 is 19.4 Å². The molecule has 0 spiro atoms. The van der Waals surface area contributed by atoms with Crippen molar-refractivity contribution in [2.24, 2.45) is 5.92 Å². The number of aromatic nitrogens is 1. The maximum absolute atomic E-state index is 12.3. The van der Waals surface area contributed by atoms with E-state index < -0.39 is 5.97 Å². The zero-order chi connectivity index (χ0) is 16.7. The number of amides is 1. The van der Waals surface area contributed by atoms with E-state index in [0.717, 1.165) is 24.2 Å². The molecular formula is C17H21N3O4. The molecule has 1 saturated carbocycles. The van der Waals surface area contributed by atoms with E-state index in [1.807, 2.05) is 11.0 Å². The first-order valence-electron chi connectivity index (χ1n) is 8.48. The van der Waals surface area contributed by atoms with Gasteiger partial charge < -0.3 is 19.6 Å². The normalized spacial score (nSPS) is 21.5. The smallest absolute Gasteiger partial charge is 0.354 e. The van der Waals surface area contributed by atoms with Gasteiger partial charge in [-0.3, -0.25) is 4.79 Å². The van der Waals surface area contributed by atoms with Crippen LogP contribution in [-0.4, -0.2) is 66.3 Å². The molecule has 0 atom stereocenters. The Hall–Kier alpha value is -2.15. The largest absolute Gasteiger partial charge is 0.477 e. The zero-order valence-corrected chi connectivity index (χ0v) is 13.5. The molecule has 2 saturated heterocycles. The molecule has 2 aliphatic heterocycles. The van der Waals surface area contributed by atoms with Crippen LogP contribution in [0.5, 0.6) is 0 Å². The van der Waals surface area contributed by atoms with Crippen molar-refractivity contribution in [1.29, 1.82) is 0 Å². The van der Waals surface area contributed by atoms with Crippen LogP contribution in [0, 0.1) is 5.92 Å². The second kappa shape index (κ2) is 6.05. The Kier molecular flexibility index (Phi) is 3.88. The SMILES string of the molecule is O=C(O)c1cc(N2CCN(C(=O)C3COC3)CC2)cc(C2CC2)n1. The summed E-state index contributed by atoms with van der Waals surface area (Å²) < 4.78 is 5.09. The summed E-state index contributed by atoms with van der Waals surface area (Å²) in [5.41, 5.74) is 1.90. The minimum atomic E-state index is -0.988. The number of nitrogens with zero attached hydrogens (tertiary/aromatic N) is 3. The Bertz CT molecular complexity index is 662. The lowest BCUT2D eigenvalue weighted by atomic mass is 10.1. The van der Waals surface area contributed by atoms with E-state index in [9.17, 15) is 14.7 Å². The van der Waals surface area contributed by atoms with Gasteiger partial charge in [-0.15, -0.1) is 0 Å². The van der Waals surface area contributed by atoms with E-state index in [1.54, 1.807) is 6.07 Å². The van der Waals surface area contributed by atoms with Crippen LogP contribution in [0.1, 0.15) is 34.9 Å². The van der Waals surface area contributed by atoms with Crippen LogP contribution in [-0.2, 0) is 9.53 Å². The molecule has 7 nitrogen and oxygen atoms in total. The molecule has 1 aromatic heterocycles. The topological polar surface area (TPSA) is 83.0 Å². The number of anilines is 1. The molecule has 3 aliphatic rings. The highest BCUT2D eigenvalue weighted by molar-refractivity contribution is 5.86. The fourth-order valence-electron chi connectivity index (χ4n) is 3.24. The molecule has 0 aromatic carbocycles. The molecule has 0 bridgehead atoms. The molecule has 0 unspecified atom stereocenters. The highest BCUT2D eigenvalue weighted by Gasteiger charge is 2.33. The highest BCUT2D eigenvalue weighted by atomic mass is 16.5. The van der Waals surface area contributed by atoms with Gasteiger partial charge in [0.1, 0.15) is 0 Å². The maximum Gasteiger partial charge on any atom is 0.354 e. The fourth-order valence-corrected chi connectivity index (χ4v) is 3.24. The van der Waals surface area contributed by atoms with Crippen LogP contribution in [0.15, 0.2) is 12.1 Å². The van der Waals surface area contributed by atoms with Crippen LogP contribution in [0.2, 0.25) is 0 Å². The minimum Gasteiger partial charge on any atom is -0.477 e. The Morgan fingerprint density at radius 1 is 1.12 bits per heavy atom. The lowest BCUT2D eigenvalue weighted by Crippen LogP contribution is -2.53. The molecule has 1 amide bonds. The molecular weight excluding hydrogens is 310 g/mol. The van der Waals surface area contributed by atoms with Crippen molar-refractivity contribution in [3.8, 4) is 0 Å². The predicted octanol–water partition coefficient (Wildman–Crippen LogP) is 0.952. The van der Waals surface area contributed by atoms with Crippen LogP contribution in [0.25, 0.3) is 0 Å². The van der Waals surface area contributed by atoms with Gasteiger partial charge in [-0.25, -0.2) is 9.78 Å². The summed E-state index contributed by atoms with van der Waals surface area (Å²) >= 11 is 0. The lowest BCUT2D eigenvalue weighted by Gasteiger charge is -2.39. The summed E-state index contributed by atoms with van der Waals surface area (Å²) in [6, 6.07) is 3.66. The van der Waals surface area contributed by atoms with Crippen molar-refractivity contribution in [3.63, 3.8) is 0 Å². The number of pyridine rings is 1. The highest BCUT2D eigenvalue weighted by Crippen LogP contribution is 2.40. The van der Waals surface area contributed by atoms with E-state index in [0.29, 0.717) is 45.3 Å². The number of ether oxygens (including phenoxy) is 1. The Labute approximate surface area is 140 Å². The Morgan fingerprint density at radius 3 is 2.38 bits per heavy atom. The number of aromatic carboxylic acids is 1. The van der Waals surface area contributed by atoms with Gasteiger partial charge in [-0.05, 0) is 25.0 Å². The first-order valence-corrected chi connectivity index (χ1v) is 8.48. The molecule has 1 aromatic rings. The summed E-state index contributed by atoms with van der Waals surface area (Å²) in [7, 11) is 0. The average molecular weight is 331 g/mol. The second-order valence-corrected chi connectivity index (χ2v) is 6.76. The van der Waals surface area contributed by atoms with E-state index in [1.165, 1.54) is 0 Å². The van der Waals surface area contributed by atoms with Gasteiger partial charge in [0.15, 0.2) is 5.69 Å². The van der Waals surface area contributed by atoms with E-state index in [-0.39, 0.29) is 17.5 Å². The third-order valence-electron chi connectivity index (χ3n) is 4.99. The van der Waals surface area contributed by atoms with E-state index in [2.05, 4.69) is 9.88 Å². The van der Waals surface area contributed by atoms with Crippen LogP contribution >= 0.6 is 0 Å². The monoisotopic (exact) mass is 331 g/mol. The number of rotatable bonds is 4. The van der Waals surface area contributed by atoms with Crippen molar-refractivity contribution in [3.05, 3.63) is 23.5 Å². The summed E-state index contributed by atoms with van der Waals surface area (Å²) in [5, 5.41) is 9.30. The van der Waals surface area contributed by atoms with Gasteiger partial charge in [0.25, 0.3) is 0 Å². The van der Waals surface area contributed by atoms with Gasteiger partial charge in [-0.1, -0.05) is 0 Å². The Balaban J connectivity index is 1.46. The fraction of sp³-hybridized carbons (Fsp3) is 0.588. The number of carboxylic acid groups (broad SMARTS) is 1. The van der Waals surface area contributed by atoms with Gasteiger partial charge in [0.2, 0.25) is 5.91 Å². The second-order valence-electron chi connectivity index (χ2n) is 6.76. The van der Waals surface area contributed by atoms with Crippen LogP contribution < -0.4 is 4.90 Å². The van der Waals surface area contributed by atoms with Crippen molar-refractivity contribution in [1.82, 2.24) is 9.88 Å². The Morgan fingerprint density at radius 2 is 1.83 bits per heavy atom. The van der Waals surface area contributed by atoms with Gasteiger partial charge >= 0.3 is 5.97 Å². The van der Waals surface area contributed by atoms with Crippen LogP contribution in [0.4, 0.5) is 5.69 Å². The summed E-state index contributed by atoms with van der Waals surface area (Å²) in [6.07, 6.45) is 2.17. The standard InChI is InChI=1S/C17H21N3O4/c21-16(12-9-24-10-12)20-5-3-19(4-6-20)13-7-14(11-1-2-11)18-15(8-13)17(22)23/h7-8,11-12H,1-6,9-10H2,(H,22,23). The molecule has 7 heteroatoms. The third-order valence-corrected chi connectivity index (χ3v) is 4.99. The average Bonchev–Trinajstić information content (AvgIpc) is 3.38. The first kappa shape index (κ1) is 15.4. The molecule has 24 heavy (non-hydrogen) atoms. The summed E-state index contributed by atoms with van der Waals surface area (Å²) in [4.78, 5) is 31.9. The summed E-state index contributed by atoms with van der Waals surface area (Å²) in [6.45, 7) is 3.84. The number of carboxylic acids is 1. The minimum absolute atomic E-state index is 0.0255. The molecule has 3 heterocycles. The quantitative estimate of drug-likeness (QED) is 0.884. The lowest BCUT2D eigenvalue weighted by molar-refractivity contribution is -0.150. The predicted molar refractivity (Wildman–Crippen MR) is 86.3 cm³/mol. The molecule has 4 rings (SSSR count).